The predicted molar refractivity (Wildman–Crippen MR) is 105 cm³/mol. The number of nitrogens with zero attached hydrogens (tertiary/aromatic N) is 4. The van der Waals surface area contributed by atoms with E-state index in [1.165, 1.54) is 11.1 Å². The van der Waals surface area contributed by atoms with Gasteiger partial charge in [-0.25, -0.2) is 0 Å². The van der Waals surface area contributed by atoms with Crippen molar-refractivity contribution in [2.45, 2.75) is 56.9 Å². The number of aliphatic carboxylic acids is 1. The second-order valence-electron chi connectivity index (χ2n) is 8.34. The van der Waals surface area contributed by atoms with Crippen molar-refractivity contribution >= 4 is 5.97 Å². The van der Waals surface area contributed by atoms with Gasteiger partial charge < -0.3 is 9.63 Å². The van der Waals surface area contributed by atoms with Gasteiger partial charge in [0, 0.05) is 6.20 Å². The number of aromatic nitrogens is 4. The maximum atomic E-state index is 11.1. The molecule has 0 atom stereocenters. The van der Waals surface area contributed by atoms with Gasteiger partial charge in [-0.3, -0.25) is 9.48 Å². The van der Waals surface area contributed by atoms with Crippen LogP contribution in [-0.2, 0) is 10.2 Å². The van der Waals surface area contributed by atoms with E-state index in [0.717, 1.165) is 31.5 Å². The highest BCUT2D eigenvalue weighted by Gasteiger charge is 2.50. The first-order valence-corrected chi connectivity index (χ1v) is 10.3. The van der Waals surface area contributed by atoms with Gasteiger partial charge in [0.1, 0.15) is 0 Å². The van der Waals surface area contributed by atoms with Crippen molar-refractivity contribution in [3.63, 3.8) is 0 Å². The minimum atomic E-state index is -0.689. The van der Waals surface area contributed by atoms with E-state index in [0.29, 0.717) is 24.4 Å². The largest absolute Gasteiger partial charge is 0.481 e. The van der Waals surface area contributed by atoms with Gasteiger partial charge in [0.15, 0.2) is 11.5 Å². The Hall–Kier alpha value is -2.96. The zero-order chi connectivity index (χ0) is 20.0. The molecule has 7 heteroatoms. The Kier molecular flexibility index (Phi) is 4.26. The van der Waals surface area contributed by atoms with E-state index in [1.54, 1.807) is 0 Å². The normalized spacial score (nSPS) is 23.1. The topological polar surface area (TPSA) is 94.0 Å². The fourth-order valence-corrected chi connectivity index (χ4v) is 4.61. The summed E-state index contributed by atoms with van der Waals surface area (Å²) in [6.07, 6.45) is 7.01. The molecule has 0 amide bonds. The van der Waals surface area contributed by atoms with Crippen LogP contribution < -0.4 is 0 Å². The molecule has 0 saturated heterocycles. The molecule has 2 aliphatic rings. The molecule has 29 heavy (non-hydrogen) atoms. The number of carboxylic acid groups (broad SMARTS) is 1. The highest BCUT2D eigenvalue weighted by Crippen LogP contribution is 2.53. The molecule has 7 nitrogen and oxygen atoms in total. The van der Waals surface area contributed by atoms with Gasteiger partial charge >= 0.3 is 5.97 Å². The molecule has 0 unspecified atom stereocenters. The molecule has 2 aliphatic carbocycles. The van der Waals surface area contributed by atoms with E-state index in [1.807, 2.05) is 23.0 Å². The van der Waals surface area contributed by atoms with Crippen molar-refractivity contribution in [2.75, 3.05) is 0 Å². The fourth-order valence-electron chi connectivity index (χ4n) is 4.61. The van der Waals surface area contributed by atoms with Crippen molar-refractivity contribution in [3.8, 4) is 11.6 Å². The number of hydrogen-bond donors (Lipinski definition) is 1. The van der Waals surface area contributed by atoms with Gasteiger partial charge in [0.2, 0.25) is 0 Å². The van der Waals surface area contributed by atoms with Crippen LogP contribution in [0.4, 0.5) is 0 Å². The quantitative estimate of drug-likeness (QED) is 0.701. The first-order valence-electron chi connectivity index (χ1n) is 10.3. The summed E-state index contributed by atoms with van der Waals surface area (Å²) in [5.74, 6) is 0.262. The number of rotatable bonds is 5. The van der Waals surface area contributed by atoms with E-state index >= 15 is 0 Å². The number of carbonyl (C=O) groups is 1. The summed E-state index contributed by atoms with van der Waals surface area (Å²) in [5, 5.41) is 18.1. The Morgan fingerprint density at radius 1 is 1.17 bits per heavy atom. The third-order valence-corrected chi connectivity index (χ3v) is 6.51. The monoisotopic (exact) mass is 392 g/mol. The minimum Gasteiger partial charge on any atom is -0.481 e. The van der Waals surface area contributed by atoms with Gasteiger partial charge in [0.25, 0.3) is 5.89 Å². The molecule has 0 aliphatic heterocycles. The lowest BCUT2D eigenvalue weighted by molar-refractivity contribution is -0.143. The molecular weight excluding hydrogens is 368 g/mol. The van der Waals surface area contributed by atoms with Crippen molar-refractivity contribution in [1.82, 2.24) is 19.9 Å². The third kappa shape index (κ3) is 3.14. The smallest absolute Gasteiger partial charge is 0.306 e. The van der Waals surface area contributed by atoms with Gasteiger partial charge in [-0.1, -0.05) is 29.4 Å². The standard InChI is InChI=1S/C22H24N4O3/c1-14-4-2-3-5-17(14)22(11-12-22)21-23-19(29-25-21)18-10-13-26(24-18)16-8-6-15(7-9-16)20(27)28/h2-5,10,13,15-16H,6-9,11-12H2,1H3,(H,27,28). The number of benzene rings is 1. The summed E-state index contributed by atoms with van der Waals surface area (Å²) in [5.41, 5.74) is 3.06. The van der Waals surface area contributed by atoms with Gasteiger partial charge in [-0.15, -0.1) is 0 Å². The molecule has 2 aromatic heterocycles. The number of carboxylic acids is 1. The number of hydrogen-bond acceptors (Lipinski definition) is 5. The Morgan fingerprint density at radius 2 is 1.93 bits per heavy atom. The van der Waals surface area contributed by atoms with E-state index in [4.69, 9.17) is 9.51 Å². The second kappa shape index (κ2) is 6.83. The molecule has 1 aromatic carbocycles. The fraction of sp³-hybridized carbons (Fsp3) is 0.455. The van der Waals surface area contributed by atoms with Crippen LogP contribution in [-0.4, -0.2) is 31.0 Å². The summed E-state index contributed by atoms with van der Waals surface area (Å²) in [6.45, 7) is 2.12. The highest BCUT2D eigenvalue weighted by atomic mass is 16.5. The molecular formula is C22H24N4O3. The van der Waals surface area contributed by atoms with Crippen molar-refractivity contribution in [1.29, 1.82) is 0 Å². The minimum absolute atomic E-state index is 0.134. The van der Waals surface area contributed by atoms with E-state index < -0.39 is 5.97 Å². The van der Waals surface area contributed by atoms with Crippen LogP contribution in [0.5, 0.6) is 0 Å². The summed E-state index contributed by atoms with van der Waals surface area (Å²) in [7, 11) is 0. The van der Waals surface area contributed by atoms with Gasteiger partial charge in [0.05, 0.1) is 17.4 Å². The van der Waals surface area contributed by atoms with Crippen LogP contribution in [0.25, 0.3) is 11.6 Å². The Morgan fingerprint density at radius 3 is 2.62 bits per heavy atom. The zero-order valence-electron chi connectivity index (χ0n) is 16.4. The number of aryl methyl sites for hydroxylation is 1. The molecule has 0 bridgehead atoms. The SMILES string of the molecule is Cc1ccccc1C1(c2noc(-c3ccn(C4CCC(C(=O)O)CC4)n3)n2)CC1. The van der Waals surface area contributed by atoms with Crippen LogP contribution in [0.1, 0.15) is 61.5 Å². The lowest BCUT2D eigenvalue weighted by Gasteiger charge is -2.26. The summed E-state index contributed by atoms with van der Waals surface area (Å²) < 4.78 is 7.50. The van der Waals surface area contributed by atoms with E-state index in [9.17, 15) is 9.90 Å². The van der Waals surface area contributed by atoms with E-state index in [-0.39, 0.29) is 17.4 Å². The Balaban J connectivity index is 1.35. The Labute approximate surface area is 168 Å². The predicted octanol–water partition coefficient (Wildman–Crippen LogP) is 4.14. The molecule has 0 radical (unpaired) electrons. The molecule has 0 spiro atoms. The summed E-state index contributed by atoms with van der Waals surface area (Å²) in [4.78, 5) is 15.8. The van der Waals surface area contributed by atoms with Crippen LogP contribution >= 0.6 is 0 Å². The van der Waals surface area contributed by atoms with Crippen LogP contribution in [0.2, 0.25) is 0 Å². The van der Waals surface area contributed by atoms with Crippen molar-refractivity contribution < 1.29 is 14.4 Å². The van der Waals surface area contributed by atoms with Gasteiger partial charge in [-0.2, -0.15) is 10.1 Å². The Bertz CT molecular complexity index is 1040. The molecule has 150 valence electrons. The first-order chi connectivity index (χ1) is 14.1. The molecule has 5 rings (SSSR count). The maximum absolute atomic E-state index is 11.1. The average Bonchev–Trinajstić information content (AvgIpc) is 3.16. The van der Waals surface area contributed by atoms with Crippen molar-refractivity contribution in [2.24, 2.45) is 5.92 Å². The van der Waals surface area contributed by atoms with Crippen molar-refractivity contribution in [3.05, 3.63) is 53.5 Å². The van der Waals surface area contributed by atoms with Crippen LogP contribution in [0, 0.1) is 12.8 Å². The zero-order valence-corrected chi connectivity index (χ0v) is 16.4. The summed E-state index contributed by atoms with van der Waals surface area (Å²) >= 11 is 0. The third-order valence-electron chi connectivity index (χ3n) is 6.51. The lowest BCUT2D eigenvalue weighted by atomic mass is 9.86. The molecule has 1 N–H and O–H groups in total. The molecule has 2 saturated carbocycles. The van der Waals surface area contributed by atoms with E-state index in [2.05, 4.69) is 35.4 Å². The second-order valence-corrected chi connectivity index (χ2v) is 8.34. The van der Waals surface area contributed by atoms with Gasteiger partial charge in [-0.05, 0) is 62.6 Å². The molecule has 2 fully saturated rings. The average molecular weight is 392 g/mol. The lowest BCUT2D eigenvalue weighted by Crippen LogP contribution is -2.23. The molecule has 3 aromatic rings. The van der Waals surface area contributed by atoms with Crippen LogP contribution in [0.15, 0.2) is 41.1 Å². The highest BCUT2D eigenvalue weighted by molar-refractivity contribution is 5.70. The molecule has 2 heterocycles. The first kappa shape index (κ1) is 18.1. The summed E-state index contributed by atoms with van der Waals surface area (Å²) in [6, 6.07) is 10.5. The maximum Gasteiger partial charge on any atom is 0.306 e. The van der Waals surface area contributed by atoms with Crippen LogP contribution in [0.3, 0.4) is 0 Å².